The van der Waals surface area contributed by atoms with Gasteiger partial charge in [0.25, 0.3) is 0 Å². The van der Waals surface area contributed by atoms with Gasteiger partial charge in [0.05, 0.1) is 4.47 Å². The van der Waals surface area contributed by atoms with E-state index in [9.17, 15) is 9.18 Å². The van der Waals surface area contributed by atoms with Crippen molar-refractivity contribution in [3.8, 4) is 0 Å². The number of anilines is 1. The van der Waals surface area contributed by atoms with Crippen LogP contribution in [0.15, 0.2) is 22.7 Å². The van der Waals surface area contributed by atoms with Crippen LogP contribution >= 0.6 is 15.9 Å². The van der Waals surface area contributed by atoms with Gasteiger partial charge in [0.1, 0.15) is 5.82 Å². The SMILES string of the molecule is O=C(Nc1ccc(F)c(Br)c1)N1C[C@H]2CC[C@H]2C1. The maximum absolute atomic E-state index is 13.1. The molecule has 1 N–H and O–H groups in total. The maximum Gasteiger partial charge on any atom is 0.321 e. The number of urea groups is 1. The largest absolute Gasteiger partial charge is 0.324 e. The molecule has 2 amide bonds. The zero-order chi connectivity index (χ0) is 12.7. The summed E-state index contributed by atoms with van der Waals surface area (Å²) in [6, 6.07) is 4.41. The summed E-state index contributed by atoms with van der Waals surface area (Å²) >= 11 is 3.11. The number of nitrogens with one attached hydrogen (secondary N) is 1. The first-order valence-electron chi connectivity index (χ1n) is 6.14. The van der Waals surface area contributed by atoms with E-state index >= 15 is 0 Å². The van der Waals surface area contributed by atoms with Crippen LogP contribution in [0.2, 0.25) is 0 Å². The van der Waals surface area contributed by atoms with Gasteiger partial charge in [-0.3, -0.25) is 0 Å². The average Bonchev–Trinajstić information content (AvgIpc) is 2.60. The lowest BCUT2D eigenvalue weighted by atomic mass is 9.77. The second-order valence-electron chi connectivity index (χ2n) is 5.06. The number of rotatable bonds is 1. The van der Waals surface area contributed by atoms with Crippen molar-refractivity contribution < 1.29 is 9.18 Å². The van der Waals surface area contributed by atoms with Gasteiger partial charge >= 0.3 is 6.03 Å². The minimum absolute atomic E-state index is 0.0806. The summed E-state index contributed by atoms with van der Waals surface area (Å²) in [5.74, 6) is 1.08. The number of benzene rings is 1. The zero-order valence-corrected chi connectivity index (χ0v) is 11.4. The van der Waals surface area contributed by atoms with E-state index in [4.69, 9.17) is 0 Å². The molecule has 0 unspecified atom stereocenters. The van der Waals surface area contributed by atoms with Crippen molar-refractivity contribution in [2.24, 2.45) is 11.8 Å². The van der Waals surface area contributed by atoms with E-state index in [1.165, 1.54) is 18.9 Å². The van der Waals surface area contributed by atoms with Gasteiger partial charge in [0.15, 0.2) is 0 Å². The Hall–Kier alpha value is -1.10. The normalized spacial score (nSPS) is 25.6. The molecule has 0 radical (unpaired) electrons. The second-order valence-corrected chi connectivity index (χ2v) is 5.92. The molecule has 0 bridgehead atoms. The van der Waals surface area contributed by atoms with Crippen molar-refractivity contribution in [1.29, 1.82) is 0 Å². The Kier molecular flexibility index (Phi) is 3.01. The molecule has 5 heteroatoms. The Labute approximate surface area is 113 Å². The lowest BCUT2D eigenvalue weighted by Gasteiger charge is -2.27. The highest BCUT2D eigenvalue weighted by atomic mass is 79.9. The monoisotopic (exact) mass is 312 g/mol. The van der Waals surface area contributed by atoms with Crippen LogP contribution in [-0.2, 0) is 0 Å². The summed E-state index contributed by atoms with van der Waals surface area (Å²) in [6.07, 6.45) is 2.49. The first kappa shape index (κ1) is 12.0. The van der Waals surface area contributed by atoms with Crippen molar-refractivity contribution in [2.75, 3.05) is 18.4 Å². The minimum Gasteiger partial charge on any atom is -0.324 e. The van der Waals surface area contributed by atoms with E-state index in [1.807, 2.05) is 4.90 Å². The number of hydrogen-bond acceptors (Lipinski definition) is 1. The van der Waals surface area contributed by atoms with Crippen LogP contribution < -0.4 is 5.32 Å². The number of halogens is 2. The predicted octanol–water partition coefficient (Wildman–Crippen LogP) is 3.46. The first-order chi connectivity index (χ1) is 8.63. The molecular formula is C13H14BrFN2O. The molecule has 18 heavy (non-hydrogen) atoms. The van der Waals surface area contributed by atoms with Crippen molar-refractivity contribution in [3.05, 3.63) is 28.5 Å². The van der Waals surface area contributed by atoms with Crippen LogP contribution in [0.25, 0.3) is 0 Å². The van der Waals surface area contributed by atoms with Gasteiger partial charge in [-0.15, -0.1) is 0 Å². The maximum atomic E-state index is 13.1. The molecule has 1 aromatic rings. The van der Waals surface area contributed by atoms with Gasteiger partial charge in [-0.05, 0) is 58.8 Å². The third-order valence-electron chi connectivity index (χ3n) is 3.94. The van der Waals surface area contributed by atoms with Crippen LogP contribution in [0.4, 0.5) is 14.9 Å². The van der Waals surface area contributed by atoms with Crippen LogP contribution in [0.3, 0.4) is 0 Å². The molecule has 1 saturated carbocycles. The smallest absolute Gasteiger partial charge is 0.321 e. The van der Waals surface area contributed by atoms with Crippen molar-refractivity contribution >= 4 is 27.6 Å². The fraction of sp³-hybridized carbons (Fsp3) is 0.462. The number of carbonyl (C=O) groups is 1. The van der Waals surface area contributed by atoms with Gasteiger partial charge < -0.3 is 10.2 Å². The third kappa shape index (κ3) is 2.11. The molecular weight excluding hydrogens is 299 g/mol. The third-order valence-corrected chi connectivity index (χ3v) is 4.55. The van der Waals surface area contributed by atoms with E-state index in [1.54, 1.807) is 12.1 Å². The molecule has 3 rings (SSSR count). The molecule has 2 atom stereocenters. The molecule has 2 aliphatic rings. The summed E-state index contributed by atoms with van der Waals surface area (Å²) in [5.41, 5.74) is 0.618. The Bertz CT molecular complexity index is 482. The molecule has 1 aliphatic carbocycles. The second kappa shape index (κ2) is 4.53. The number of amides is 2. The van der Waals surface area contributed by atoms with E-state index in [0.717, 1.165) is 13.1 Å². The number of fused-ring (bicyclic) bond motifs is 1. The van der Waals surface area contributed by atoms with Crippen LogP contribution in [0.5, 0.6) is 0 Å². The predicted molar refractivity (Wildman–Crippen MR) is 70.9 cm³/mol. The fourth-order valence-electron chi connectivity index (χ4n) is 2.70. The highest BCUT2D eigenvalue weighted by Gasteiger charge is 2.40. The first-order valence-corrected chi connectivity index (χ1v) is 6.94. The molecule has 1 aliphatic heterocycles. The quantitative estimate of drug-likeness (QED) is 0.846. The van der Waals surface area contributed by atoms with Crippen LogP contribution in [0.1, 0.15) is 12.8 Å². The molecule has 0 aromatic heterocycles. The summed E-state index contributed by atoms with van der Waals surface area (Å²) in [6.45, 7) is 1.72. The molecule has 1 heterocycles. The Morgan fingerprint density at radius 1 is 1.33 bits per heavy atom. The molecule has 0 spiro atoms. The van der Waals surface area contributed by atoms with Gasteiger partial charge in [-0.2, -0.15) is 0 Å². The van der Waals surface area contributed by atoms with Gasteiger partial charge in [0, 0.05) is 18.8 Å². The van der Waals surface area contributed by atoms with Gasteiger partial charge in [0.2, 0.25) is 0 Å². The standard InChI is InChI=1S/C13H14BrFN2O/c14-11-5-10(3-4-12(11)15)16-13(18)17-6-8-1-2-9(8)7-17/h3-5,8-9H,1-2,6-7H2,(H,16,18)/t8-,9+. The van der Waals surface area contributed by atoms with Gasteiger partial charge in [-0.1, -0.05) is 0 Å². The Balaban J connectivity index is 1.65. The average molecular weight is 313 g/mol. The van der Waals surface area contributed by atoms with E-state index in [-0.39, 0.29) is 11.8 Å². The summed E-state index contributed by atoms with van der Waals surface area (Å²) in [4.78, 5) is 13.9. The lowest BCUT2D eigenvalue weighted by Crippen LogP contribution is -2.32. The number of hydrogen-bond donors (Lipinski definition) is 1. The topological polar surface area (TPSA) is 32.3 Å². The van der Waals surface area contributed by atoms with Crippen LogP contribution in [-0.4, -0.2) is 24.0 Å². The molecule has 96 valence electrons. The minimum atomic E-state index is -0.327. The Morgan fingerprint density at radius 2 is 2.00 bits per heavy atom. The van der Waals surface area contributed by atoms with E-state index in [0.29, 0.717) is 22.0 Å². The highest BCUT2D eigenvalue weighted by molar-refractivity contribution is 9.10. The summed E-state index contributed by atoms with van der Waals surface area (Å²) in [7, 11) is 0. The number of likely N-dealkylation sites (tertiary alicyclic amines) is 1. The lowest BCUT2D eigenvalue weighted by molar-refractivity contribution is 0.221. The summed E-state index contributed by atoms with van der Waals surface area (Å²) in [5, 5.41) is 2.81. The van der Waals surface area contributed by atoms with E-state index in [2.05, 4.69) is 21.2 Å². The Morgan fingerprint density at radius 3 is 2.56 bits per heavy atom. The van der Waals surface area contributed by atoms with Gasteiger partial charge in [-0.25, -0.2) is 9.18 Å². The van der Waals surface area contributed by atoms with Crippen molar-refractivity contribution in [2.45, 2.75) is 12.8 Å². The highest BCUT2D eigenvalue weighted by Crippen LogP contribution is 2.40. The van der Waals surface area contributed by atoms with Crippen molar-refractivity contribution in [1.82, 2.24) is 4.90 Å². The number of carbonyl (C=O) groups excluding carboxylic acids is 1. The fourth-order valence-corrected chi connectivity index (χ4v) is 3.08. The van der Waals surface area contributed by atoms with Crippen LogP contribution in [0, 0.1) is 17.7 Å². The summed E-state index contributed by atoms with van der Waals surface area (Å²) < 4.78 is 13.4. The molecule has 2 fully saturated rings. The number of nitrogens with zero attached hydrogens (tertiary/aromatic N) is 1. The molecule has 1 saturated heterocycles. The zero-order valence-electron chi connectivity index (χ0n) is 9.83. The molecule has 3 nitrogen and oxygen atoms in total. The molecule has 1 aromatic carbocycles. The van der Waals surface area contributed by atoms with E-state index < -0.39 is 0 Å². The van der Waals surface area contributed by atoms with Crippen molar-refractivity contribution in [3.63, 3.8) is 0 Å².